The molecular formula is C17H19ClN4. The number of hydrogen-bond acceptors (Lipinski definition) is 4. The van der Waals surface area contributed by atoms with E-state index in [1.165, 1.54) is 5.22 Å². The van der Waals surface area contributed by atoms with Gasteiger partial charge in [0.25, 0.3) is 0 Å². The van der Waals surface area contributed by atoms with E-state index in [2.05, 4.69) is 30.1 Å². The number of pyridine rings is 1. The minimum atomic E-state index is -0.191. The SMILES string of the molecule is CC1(C)C=c2c(c(N3CCNCC3)nc3ccc(Cl)cc23)=N1. The quantitative estimate of drug-likeness (QED) is 0.867. The van der Waals surface area contributed by atoms with Crippen molar-refractivity contribution in [2.45, 2.75) is 19.4 Å². The van der Waals surface area contributed by atoms with Crippen molar-refractivity contribution >= 4 is 34.4 Å². The van der Waals surface area contributed by atoms with Crippen molar-refractivity contribution in [2.75, 3.05) is 31.1 Å². The number of anilines is 1. The van der Waals surface area contributed by atoms with Crippen molar-refractivity contribution in [1.82, 2.24) is 10.3 Å². The Labute approximate surface area is 134 Å². The standard InChI is InChI=1S/C17H19ClN4/c1-17(2)10-13-12-9-11(18)3-4-14(12)20-16(15(13)21-17)22-7-5-19-6-8-22/h3-4,9-10,19H,5-8H2,1-2H3. The molecule has 0 amide bonds. The summed E-state index contributed by atoms with van der Waals surface area (Å²) < 4.78 is 0. The van der Waals surface area contributed by atoms with Gasteiger partial charge in [0.2, 0.25) is 0 Å². The molecule has 4 rings (SSSR count). The molecule has 0 bridgehead atoms. The van der Waals surface area contributed by atoms with Crippen molar-refractivity contribution in [2.24, 2.45) is 4.99 Å². The number of aromatic nitrogens is 1. The number of benzene rings is 1. The molecule has 2 aromatic rings. The summed E-state index contributed by atoms with van der Waals surface area (Å²) in [5.74, 6) is 1.01. The molecule has 4 nitrogen and oxygen atoms in total. The van der Waals surface area contributed by atoms with Crippen LogP contribution in [-0.4, -0.2) is 36.7 Å². The minimum absolute atomic E-state index is 0.191. The summed E-state index contributed by atoms with van der Waals surface area (Å²) in [6.45, 7) is 8.17. The zero-order valence-corrected chi connectivity index (χ0v) is 13.6. The number of halogens is 1. The highest BCUT2D eigenvalue weighted by Gasteiger charge is 2.23. The lowest BCUT2D eigenvalue weighted by Gasteiger charge is -2.28. The molecular weight excluding hydrogens is 296 g/mol. The fourth-order valence-electron chi connectivity index (χ4n) is 3.26. The first-order valence-electron chi connectivity index (χ1n) is 7.71. The van der Waals surface area contributed by atoms with Gasteiger partial charge in [-0.15, -0.1) is 0 Å². The molecule has 2 aliphatic rings. The summed E-state index contributed by atoms with van der Waals surface area (Å²) in [7, 11) is 0. The molecule has 1 fully saturated rings. The van der Waals surface area contributed by atoms with Gasteiger partial charge in [-0.1, -0.05) is 11.6 Å². The molecule has 1 N–H and O–H groups in total. The van der Waals surface area contributed by atoms with Crippen LogP contribution in [0, 0.1) is 0 Å². The van der Waals surface area contributed by atoms with Gasteiger partial charge in [0, 0.05) is 41.8 Å². The van der Waals surface area contributed by atoms with Crippen molar-refractivity contribution in [3.8, 4) is 0 Å². The number of nitrogens with one attached hydrogen (secondary N) is 1. The Morgan fingerprint density at radius 1 is 1.23 bits per heavy atom. The second-order valence-electron chi connectivity index (χ2n) is 6.51. The summed E-state index contributed by atoms with van der Waals surface area (Å²) in [6.07, 6.45) is 2.23. The summed E-state index contributed by atoms with van der Waals surface area (Å²) in [5.41, 5.74) is 0.796. The van der Waals surface area contributed by atoms with Gasteiger partial charge in [-0.05, 0) is 38.1 Å². The third-order valence-corrected chi connectivity index (χ3v) is 4.49. The monoisotopic (exact) mass is 314 g/mol. The van der Waals surface area contributed by atoms with Crippen LogP contribution < -0.4 is 20.8 Å². The summed E-state index contributed by atoms with van der Waals surface area (Å²) in [6, 6.07) is 5.91. The highest BCUT2D eigenvalue weighted by Crippen LogP contribution is 2.21. The number of hydrogen-bond donors (Lipinski definition) is 1. The maximum atomic E-state index is 6.19. The first kappa shape index (κ1) is 14.0. The van der Waals surface area contributed by atoms with Gasteiger partial charge in [0.05, 0.1) is 11.1 Å². The van der Waals surface area contributed by atoms with E-state index < -0.39 is 0 Å². The van der Waals surface area contributed by atoms with Gasteiger partial charge < -0.3 is 10.2 Å². The summed E-state index contributed by atoms with van der Waals surface area (Å²) in [4.78, 5) is 12.2. The van der Waals surface area contributed by atoms with Crippen molar-refractivity contribution in [1.29, 1.82) is 0 Å². The van der Waals surface area contributed by atoms with Gasteiger partial charge in [-0.2, -0.15) is 0 Å². The third kappa shape index (κ3) is 2.27. The average molecular weight is 315 g/mol. The lowest BCUT2D eigenvalue weighted by Crippen LogP contribution is -2.47. The van der Waals surface area contributed by atoms with Gasteiger partial charge in [-0.25, -0.2) is 4.98 Å². The van der Waals surface area contributed by atoms with E-state index in [9.17, 15) is 0 Å². The molecule has 2 aliphatic heterocycles. The molecule has 0 radical (unpaired) electrons. The Morgan fingerprint density at radius 2 is 2.00 bits per heavy atom. The minimum Gasteiger partial charge on any atom is -0.352 e. The molecule has 1 aromatic carbocycles. The van der Waals surface area contributed by atoms with Crippen LogP contribution in [0.1, 0.15) is 13.8 Å². The Hall–Kier alpha value is -1.65. The van der Waals surface area contributed by atoms with E-state index >= 15 is 0 Å². The van der Waals surface area contributed by atoms with E-state index in [-0.39, 0.29) is 5.54 Å². The average Bonchev–Trinajstić information content (AvgIpc) is 2.83. The Morgan fingerprint density at radius 3 is 2.77 bits per heavy atom. The molecule has 0 saturated carbocycles. The Bertz CT molecular complexity index is 866. The van der Waals surface area contributed by atoms with Gasteiger partial charge in [-0.3, -0.25) is 4.99 Å². The van der Waals surface area contributed by atoms with Crippen LogP contribution in [0.4, 0.5) is 5.82 Å². The van der Waals surface area contributed by atoms with Crippen LogP contribution in [0.25, 0.3) is 17.0 Å². The van der Waals surface area contributed by atoms with Gasteiger partial charge in [0.1, 0.15) is 5.36 Å². The first-order chi connectivity index (χ1) is 10.5. The summed E-state index contributed by atoms with van der Waals surface area (Å²) >= 11 is 6.19. The largest absolute Gasteiger partial charge is 0.352 e. The maximum absolute atomic E-state index is 6.19. The molecule has 0 atom stereocenters. The number of nitrogens with zero attached hydrogens (tertiary/aromatic N) is 3. The third-order valence-electron chi connectivity index (χ3n) is 4.26. The molecule has 5 heteroatoms. The second kappa shape index (κ2) is 4.93. The van der Waals surface area contributed by atoms with E-state index in [0.717, 1.165) is 53.3 Å². The zero-order chi connectivity index (χ0) is 15.3. The lowest BCUT2D eigenvalue weighted by atomic mass is 10.1. The van der Waals surface area contributed by atoms with Crippen molar-refractivity contribution < 1.29 is 0 Å². The van der Waals surface area contributed by atoms with Crippen LogP contribution in [0.3, 0.4) is 0 Å². The van der Waals surface area contributed by atoms with Crippen LogP contribution in [0.15, 0.2) is 23.2 Å². The van der Waals surface area contributed by atoms with Crippen LogP contribution in [0.2, 0.25) is 5.02 Å². The normalized spacial score (nSPS) is 19.7. The highest BCUT2D eigenvalue weighted by atomic mass is 35.5. The predicted molar refractivity (Wildman–Crippen MR) is 91.2 cm³/mol. The molecule has 0 aliphatic carbocycles. The molecule has 114 valence electrons. The highest BCUT2D eigenvalue weighted by molar-refractivity contribution is 6.31. The van der Waals surface area contributed by atoms with Crippen molar-refractivity contribution in [3.63, 3.8) is 0 Å². The number of piperazine rings is 1. The van der Waals surface area contributed by atoms with E-state index in [1.54, 1.807) is 0 Å². The van der Waals surface area contributed by atoms with Crippen LogP contribution in [-0.2, 0) is 0 Å². The number of rotatable bonds is 1. The molecule has 22 heavy (non-hydrogen) atoms. The maximum Gasteiger partial charge on any atom is 0.155 e. The molecule has 0 unspecified atom stereocenters. The Balaban J connectivity index is 2.04. The summed E-state index contributed by atoms with van der Waals surface area (Å²) in [5, 5.41) is 7.41. The molecule has 1 saturated heterocycles. The van der Waals surface area contributed by atoms with Crippen LogP contribution >= 0.6 is 11.6 Å². The lowest BCUT2D eigenvalue weighted by molar-refractivity contribution is 0.582. The fourth-order valence-corrected chi connectivity index (χ4v) is 3.44. The van der Waals surface area contributed by atoms with Crippen LogP contribution in [0.5, 0.6) is 0 Å². The smallest absolute Gasteiger partial charge is 0.155 e. The second-order valence-corrected chi connectivity index (χ2v) is 6.94. The fraction of sp³-hybridized carbons (Fsp3) is 0.412. The van der Waals surface area contributed by atoms with Gasteiger partial charge >= 0.3 is 0 Å². The molecule has 3 heterocycles. The predicted octanol–water partition coefficient (Wildman–Crippen LogP) is 1.49. The zero-order valence-electron chi connectivity index (χ0n) is 12.9. The topological polar surface area (TPSA) is 40.5 Å². The molecule has 0 spiro atoms. The first-order valence-corrected chi connectivity index (χ1v) is 8.09. The van der Waals surface area contributed by atoms with Gasteiger partial charge in [0.15, 0.2) is 5.82 Å². The van der Waals surface area contributed by atoms with E-state index in [1.807, 2.05) is 18.2 Å². The van der Waals surface area contributed by atoms with Crippen molar-refractivity contribution in [3.05, 3.63) is 33.8 Å². The van der Waals surface area contributed by atoms with E-state index in [0.29, 0.717) is 0 Å². The molecule has 1 aromatic heterocycles. The Kier molecular flexibility index (Phi) is 3.13. The van der Waals surface area contributed by atoms with E-state index in [4.69, 9.17) is 21.6 Å². The number of fused-ring (bicyclic) bond motifs is 3.